The van der Waals surface area contributed by atoms with Gasteiger partial charge in [-0.2, -0.15) is 5.26 Å². The summed E-state index contributed by atoms with van der Waals surface area (Å²) >= 11 is 1.12. The third-order valence-electron chi connectivity index (χ3n) is 4.07. The quantitative estimate of drug-likeness (QED) is 0.851. The van der Waals surface area contributed by atoms with Gasteiger partial charge in [0.2, 0.25) is 0 Å². The van der Waals surface area contributed by atoms with Crippen LogP contribution < -0.4 is 4.90 Å². The van der Waals surface area contributed by atoms with E-state index in [2.05, 4.69) is 9.59 Å². The molecule has 0 radical (unpaired) electrons. The molecule has 0 N–H and O–H groups in total. The van der Waals surface area contributed by atoms with Crippen LogP contribution in [0.1, 0.15) is 27.9 Å². The molecule has 0 aliphatic carbocycles. The lowest BCUT2D eigenvalue weighted by atomic mass is 10.1. The van der Waals surface area contributed by atoms with Gasteiger partial charge in [-0.05, 0) is 36.2 Å². The van der Waals surface area contributed by atoms with Crippen LogP contribution in [0.5, 0.6) is 0 Å². The second-order valence-corrected chi connectivity index (χ2v) is 6.21. The third-order valence-corrected chi connectivity index (χ3v) is 4.83. The van der Waals surface area contributed by atoms with Crippen molar-refractivity contribution in [3.8, 4) is 6.07 Å². The molecule has 0 atom stereocenters. The molecule has 8 heteroatoms. The van der Waals surface area contributed by atoms with Crippen LogP contribution >= 0.6 is 11.5 Å². The van der Waals surface area contributed by atoms with E-state index in [0.717, 1.165) is 17.2 Å². The molecule has 6 nitrogen and oxygen atoms in total. The molecule has 124 valence electrons. The van der Waals surface area contributed by atoms with Crippen molar-refractivity contribution >= 4 is 23.1 Å². The monoisotopic (exact) mass is 345 g/mol. The topological polar surface area (TPSA) is 73.1 Å². The van der Waals surface area contributed by atoms with Gasteiger partial charge in [-0.3, -0.25) is 4.79 Å². The molecule has 1 saturated heterocycles. The zero-order chi connectivity index (χ0) is 17.1. The lowest BCUT2D eigenvalue weighted by Crippen LogP contribution is -2.49. The van der Waals surface area contributed by atoms with Crippen LogP contribution in [0.25, 0.3) is 0 Å². The zero-order valence-corrected chi connectivity index (χ0v) is 14.0. The van der Waals surface area contributed by atoms with Gasteiger partial charge in [0, 0.05) is 26.2 Å². The van der Waals surface area contributed by atoms with Crippen LogP contribution in [-0.4, -0.2) is 46.6 Å². The first kappa shape index (κ1) is 16.3. The Balaban J connectivity index is 1.68. The summed E-state index contributed by atoms with van der Waals surface area (Å²) in [5.41, 5.74) is 1.50. The largest absolute Gasteiger partial charge is 0.366 e. The Morgan fingerprint density at radius 1 is 1.38 bits per heavy atom. The summed E-state index contributed by atoms with van der Waals surface area (Å²) in [5.74, 6) is -0.462. The molecule has 1 aliphatic rings. The lowest BCUT2D eigenvalue weighted by molar-refractivity contribution is 0.0750. The molecule has 24 heavy (non-hydrogen) atoms. The van der Waals surface area contributed by atoms with E-state index in [0.29, 0.717) is 48.7 Å². The van der Waals surface area contributed by atoms with E-state index >= 15 is 0 Å². The second-order valence-electron chi connectivity index (χ2n) is 5.46. The molecule has 1 aromatic heterocycles. The minimum Gasteiger partial charge on any atom is -0.366 e. The third kappa shape index (κ3) is 3.08. The van der Waals surface area contributed by atoms with Gasteiger partial charge < -0.3 is 9.80 Å². The number of rotatable bonds is 3. The summed E-state index contributed by atoms with van der Waals surface area (Å²) in [7, 11) is 0. The van der Waals surface area contributed by atoms with Crippen molar-refractivity contribution in [3.05, 3.63) is 40.2 Å². The Morgan fingerprint density at radius 2 is 2.12 bits per heavy atom. The summed E-state index contributed by atoms with van der Waals surface area (Å²) in [4.78, 5) is 16.8. The number of carbonyl (C=O) groups excluding carboxylic acids is 1. The highest BCUT2D eigenvalue weighted by molar-refractivity contribution is 7.08. The molecule has 0 unspecified atom stereocenters. The fraction of sp³-hybridized carbons (Fsp3) is 0.375. The molecule has 1 fully saturated rings. The van der Waals surface area contributed by atoms with Crippen LogP contribution in [-0.2, 0) is 6.42 Å². The molecular formula is C16H16FN5OS. The zero-order valence-electron chi connectivity index (χ0n) is 13.2. The number of anilines is 1. The molecule has 2 heterocycles. The molecule has 1 amide bonds. The van der Waals surface area contributed by atoms with Crippen molar-refractivity contribution in [2.45, 2.75) is 13.3 Å². The average molecular weight is 345 g/mol. The standard InChI is InChI=1S/C16H16FN5OS/c1-2-13-15(24-20-19-13)16(23)22-7-5-21(6-8-22)14-4-3-11(10-18)9-12(14)17/h3-4,9H,2,5-8H2,1H3. The van der Waals surface area contributed by atoms with E-state index in [-0.39, 0.29) is 5.91 Å². The van der Waals surface area contributed by atoms with Crippen molar-refractivity contribution in [2.24, 2.45) is 0 Å². The SMILES string of the molecule is CCc1nnsc1C(=O)N1CCN(c2ccc(C#N)cc2F)CC1. The Kier molecular flexibility index (Phi) is 4.71. The van der Waals surface area contributed by atoms with Crippen molar-refractivity contribution < 1.29 is 9.18 Å². The number of halogens is 1. The van der Waals surface area contributed by atoms with Crippen molar-refractivity contribution in [1.82, 2.24) is 14.5 Å². The molecule has 1 aromatic carbocycles. The molecule has 0 bridgehead atoms. The van der Waals surface area contributed by atoms with E-state index in [9.17, 15) is 9.18 Å². The number of piperazine rings is 1. The number of amides is 1. The minimum absolute atomic E-state index is 0.0539. The summed E-state index contributed by atoms with van der Waals surface area (Å²) in [6.07, 6.45) is 0.675. The predicted octanol–water partition coefficient (Wildman–Crippen LogP) is 2.07. The van der Waals surface area contributed by atoms with E-state index in [1.165, 1.54) is 6.07 Å². The molecular weight excluding hydrogens is 329 g/mol. The maximum atomic E-state index is 14.1. The lowest BCUT2D eigenvalue weighted by Gasteiger charge is -2.36. The first-order chi connectivity index (χ1) is 11.6. The van der Waals surface area contributed by atoms with Crippen LogP contribution in [0, 0.1) is 17.1 Å². The van der Waals surface area contributed by atoms with E-state index in [4.69, 9.17) is 5.26 Å². The summed E-state index contributed by atoms with van der Waals surface area (Å²) < 4.78 is 18.0. The smallest absolute Gasteiger partial charge is 0.267 e. The van der Waals surface area contributed by atoms with E-state index in [1.54, 1.807) is 17.0 Å². The number of nitrogens with zero attached hydrogens (tertiary/aromatic N) is 5. The Morgan fingerprint density at radius 3 is 2.75 bits per heavy atom. The molecule has 3 rings (SSSR count). The van der Waals surface area contributed by atoms with E-state index in [1.807, 2.05) is 17.9 Å². The Hall–Kier alpha value is -2.53. The van der Waals surface area contributed by atoms with Gasteiger partial charge >= 0.3 is 0 Å². The Labute approximate surface area is 143 Å². The predicted molar refractivity (Wildman–Crippen MR) is 88.5 cm³/mol. The van der Waals surface area contributed by atoms with Crippen LogP contribution in [0.15, 0.2) is 18.2 Å². The molecule has 2 aromatic rings. The van der Waals surface area contributed by atoms with Crippen molar-refractivity contribution in [3.63, 3.8) is 0 Å². The average Bonchev–Trinajstić information content (AvgIpc) is 3.10. The van der Waals surface area contributed by atoms with Crippen molar-refractivity contribution in [2.75, 3.05) is 31.1 Å². The number of carbonyl (C=O) groups is 1. The molecule has 0 saturated carbocycles. The number of aromatic nitrogens is 2. The van der Waals surface area contributed by atoms with Gasteiger partial charge in [-0.15, -0.1) is 5.10 Å². The maximum Gasteiger partial charge on any atom is 0.267 e. The highest BCUT2D eigenvalue weighted by atomic mass is 32.1. The highest BCUT2D eigenvalue weighted by Gasteiger charge is 2.26. The fourth-order valence-electron chi connectivity index (χ4n) is 2.73. The van der Waals surface area contributed by atoms with Crippen molar-refractivity contribution in [1.29, 1.82) is 5.26 Å². The summed E-state index contributed by atoms with van der Waals surface area (Å²) in [6.45, 7) is 4.06. The normalized spacial score (nSPS) is 14.5. The summed E-state index contributed by atoms with van der Waals surface area (Å²) in [6, 6.07) is 6.39. The second kappa shape index (κ2) is 6.93. The summed E-state index contributed by atoms with van der Waals surface area (Å²) in [5, 5.41) is 12.8. The first-order valence-electron chi connectivity index (χ1n) is 7.69. The minimum atomic E-state index is -0.409. The van der Waals surface area contributed by atoms with Crippen LogP contribution in [0.4, 0.5) is 10.1 Å². The number of nitriles is 1. The van der Waals surface area contributed by atoms with Crippen LogP contribution in [0.3, 0.4) is 0 Å². The number of benzene rings is 1. The van der Waals surface area contributed by atoms with Crippen LogP contribution in [0.2, 0.25) is 0 Å². The van der Waals surface area contributed by atoms with Gasteiger partial charge in [0.15, 0.2) is 0 Å². The van der Waals surface area contributed by atoms with Gasteiger partial charge in [0.25, 0.3) is 5.91 Å². The van der Waals surface area contributed by atoms with E-state index < -0.39 is 5.82 Å². The van der Waals surface area contributed by atoms with Gasteiger partial charge in [-0.25, -0.2) is 4.39 Å². The van der Waals surface area contributed by atoms with Gasteiger partial charge in [-0.1, -0.05) is 11.4 Å². The van der Waals surface area contributed by atoms with Gasteiger partial charge in [0.1, 0.15) is 10.7 Å². The number of aryl methyl sites for hydroxylation is 1. The number of hydrogen-bond acceptors (Lipinski definition) is 6. The van der Waals surface area contributed by atoms with Gasteiger partial charge in [0.05, 0.1) is 23.0 Å². The fourth-order valence-corrected chi connectivity index (χ4v) is 3.45. The highest BCUT2D eigenvalue weighted by Crippen LogP contribution is 2.23. The Bertz CT molecular complexity index is 792. The number of hydrogen-bond donors (Lipinski definition) is 0. The maximum absolute atomic E-state index is 14.1. The molecule has 1 aliphatic heterocycles. The molecule has 0 spiro atoms. The first-order valence-corrected chi connectivity index (χ1v) is 8.46.